The minimum absolute atomic E-state index is 0.139. The Kier molecular flexibility index (Phi) is 4.55. The van der Waals surface area contributed by atoms with Gasteiger partial charge in [0.2, 0.25) is 11.8 Å². The highest BCUT2D eigenvalue weighted by molar-refractivity contribution is 5.78. The molecule has 6 nitrogen and oxygen atoms in total. The summed E-state index contributed by atoms with van der Waals surface area (Å²) in [5.41, 5.74) is 1.47. The summed E-state index contributed by atoms with van der Waals surface area (Å²) in [6.45, 7) is 0.774. The van der Waals surface area contributed by atoms with Crippen LogP contribution < -0.4 is 14.8 Å². The maximum atomic E-state index is 12.2. The zero-order valence-electron chi connectivity index (χ0n) is 14.1. The van der Waals surface area contributed by atoms with Gasteiger partial charge in [-0.05, 0) is 24.3 Å². The molecule has 0 spiro atoms. The molecular weight excluding hydrogens is 332 g/mol. The number of hydrogen-bond donors (Lipinski definition) is 1. The quantitative estimate of drug-likeness (QED) is 0.766. The molecule has 0 bridgehead atoms. The fourth-order valence-corrected chi connectivity index (χ4v) is 2.72. The molecule has 0 fully saturated rings. The first-order valence-electron chi connectivity index (χ1n) is 8.43. The number of carbonyl (C=O) groups excluding carboxylic acids is 1. The van der Waals surface area contributed by atoms with Crippen molar-refractivity contribution in [3.05, 3.63) is 66.6 Å². The fraction of sp³-hybridized carbons (Fsp3) is 0.200. The fourth-order valence-electron chi connectivity index (χ4n) is 2.72. The maximum Gasteiger partial charge on any atom is 0.226 e. The minimum Gasteiger partial charge on any atom is -0.486 e. The van der Waals surface area contributed by atoms with E-state index in [0.717, 1.165) is 11.3 Å². The third-order valence-electron chi connectivity index (χ3n) is 4.01. The Bertz CT molecular complexity index is 892. The first kappa shape index (κ1) is 16.2. The van der Waals surface area contributed by atoms with Crippen LogP contribution >= 0.6 is 0 Å². The summed E-state index contributed by atoms with van der Waals surface area (Å²) in [7, 11) is 0. The smallest absolute Gasteiger partial charge is 0.226 e. The van der Waals surface area contributed by atoms with Crippen LogP contribution in [0.1, 0.15) is 5.69 Å². The third kappa shape index (κ3) is 3.69. The first-order valence-corrected chi connectivity index (χ1v) is 8.43. The van der Waals surface area contributed by atoms with Gasteiger partial charge in [-0.2, -0.15) is 0 Å². The molecule has 6 heteroatoms. The van der Waals surface area contributed by atoms with E-state index >= 15 is 0 Å². The van der Waals surface area contributed by atoms with E-state index in [-0.39, 0.29) is 18.4 Å². The van der Waals surface area contributed by atoms with Crippen molar-refractivity contribution in [1.82, 2.24) is 10.3 Å². The van der Waals surface area contributed by atoms with Crippen LogP contribution in [-0.4, -0.2) is 30.1 Å². The Balaban J connectivity index is 1.29. The molecule has 2 heterocycles. The van der Waals surface area contributed by atoms with E-state index in [1.165, 1.54) is 6.26 Å². The Morgan fingerprint density at radius 3 is 2.69 bits per heavy atom. The molecule has 132 valence electrons. The Labute approximate surface area is 150 Å². The average Bonchev–Trinajstić information content (AvgIpc) is 3.15. The number of aromatic nitrogens is 1. The van der Waals surface area contributed by atoms with Gasteiger partial charge in [0.05, 0.1) is 18.7 Å². The van der Waals surface area contributed by atoms with E-state index in [9.17, 15) is 4.79 Å². The summed E-state index contributed by atoms with van der Waals surface area (Å²) in [5.74, 6) is 1.79. The van der Waals surface area contributed by atoms with Gasteiger partial charge in [-0.1, -0.05) is 30.3 Å². The molecule has 1 atom stereocenters. The number of rotatable bonds is 5. The van der Waals surface area contributed by atoms with E-state index in [4.69, 9.17) is 13.9 Å². The molecular formula is C20H18N2O4. The van der Waals surface area contributed by atoms with Gasteiger partial charge in [0, 0.05) is 5.56 Å². The van der Waals surface area contributed by atoms with E-state index in [1.807, 2.05) is 54.6 Å². The summed E-state index contributed by atoms with van der Waals surface area (Å²) < 4.78 is 16.9. The molecule has 2 aromatic carbocycles. The third-order valence-corrected chi connectivity index (χ3v) is 4.01. The lowest BCUT2D eigenvalue weighted by atomic mass is 10.2. The van der Waals surface area contributed by atoms with E-state index in [1.54, 1.807) is 0 Å². The Morgan fingerprint density at radius 1 is 1.08 bits per heavy atom. The van der Waals surface area contributed by atoms with Gasteiger partial charge in [0.25, 0.3) is 0 Å². The number of carbonyl (C=O) groups is 1. The number of fused-ring (bicyclic) bond motifs is 1. The highest BCUT2D eigenvalue weighted by Gasteiger charge is 2.21. The summed E-state index contributed by atoms with van der Waals surface area (Å²) in [5, 5.41) is 2.86. The monoisotopic (exact) mass is 350 g/mol. The molecule has 1 N–H and O–H groups in total. The number of benzene rings is 2. The van der Waals surface area contributed by atoms with Gasteiger partial charge in [-0.15, -0.1) is 0 Å². The molecule has 0 aliphatic carbocycles. The van der Waals surface area contributed by atoms with Gasteiger partial charge in [0.1, 0.15) is 19.0 Å². The zero-order valence-corrected chi connectivity index (χ0v) is 14.1. The number of para-hydroxylation sites is 2. The van der Waals surface area contributed by atoms with Crippen LogP contribution in [0.25, 0.3) is 11.5 Å². The van der Waals surface area contributed by atoms with Crippen molar-refractivity contribution >= 4 is 5.91 Å². The molecule has 0 radical (unpaired) electrons. The minimum atomic E-state index is -0.217. The van der Waals surface area contributed by atoms with Crippen molar-refractivity contribution in [2.45, 2.75) is 12.5 Å². The second kappa shape index (κ2) is 7.31. The number of ether oxygens (including phenoxy) is 2. The SMILES string of the molecule is O=C(Cc1coc(-c2ccccc2)n1)NCC1COc2ccccc2O1. The van der Waals surface area contributed by atoms with Crippen LogP contribution in [0.15, 0.2) is 65.3 Å². The molecule has 3 aromatic rings. The first-order chi connectivity index (χ1) is 12.8. The predicted octanol–water partition coefficient (Wildman–Crippen LogP) is 2.84. The van der Waals surface area contributed by atoms with Crippen molar-refractivity contribution in [2.24, 2.45) is 0 Å². The maximum absolute atomic E-state index is 12.2. The molecule has 0 saturated heterocycles. The molecule has 1 aromatic heterocycles. The molecule has 1 aliphatic heterocycles. The van der Waals surface area contributed by atoms with Gasteiger partial charge < -0.3 is 19.2 Å². The Morgan fingerprint density at radius 2 is 1.85 bits per heavy atom. The van der Waals surface area contributed by atoms with Gasteiger partial charge in [0.15, 0.2) is 11.5 Å². The lowest BCUT2D eigenvalue weighted by Gasteiger charge is -2.26. The number of amides is 1. The van der Waals surface area contributed by atoms with Crippen molar-refractivity contribution < 1.29 is 18.7 Å². The second-order valence-corrected chi connectivity index (χ2v) is 5.99. The number of hydrogen-bond acceptors (Lipinski definition) is 5. The number of nitrogens with zero attached hydrogens (tertiary/aromatic N) is 1. The zero-order chi connectivity index (χ0) is 17.8. The van der Waals surface area contributed by atoms with Crippen LogP contribution in [0.2, 0.25) is 0 Å². The Hall–Kier alpha value is -3.28. The summed E-state index contributed by atoms with van der Waals surface area (Å²) in [6, 6.07) is 17.1. The van der Waals surface area contributed by atoms with E-state index in [0.29, 0.717) is 30.5 Å². The largest absolute Gasteiger partial charge is 0.486 e. The molecule has 4 rings (SSSR count). The molecule has 1 amide bonds. The predicted molar refractivity (Wildman–Crippen MR) is 95.0 cm³/mol. The molecule has 1 aliphatic rings. The molecule has 1 unspecified atom stereocenters. The van der Waals surface area contributed by atoms with Crippen molar-refractivity contribution in [1.29, 1.82) is 0 Å². The summed E-state index contributed by atoms with van der Waals surface area (Å²) in [4.78, 5) is 16.5. The van der Waals surface area contributed by atoms with Crippen molar-refractivity contribution in [3.8, 4) is 23.0 Å². The van der Waals surface area contributed by atoms with Crippen LogP contribution in [0.5, 0.6) is 11.5 Å². The lowest BCUT2D eigenvalue weighted by molar-refractivity contribution is -0.121. The average molecular weight is 350 g/mol. The second-order valence-electron chi connectivity index (χ2n) is 5.99. The standard InChI is InChI=1S/C20H18N2O4/c23-19(10-15-12-25-20(22-15)14-6-2-1-3-7-14)21-11-16-13-24-17-8-4-5-9-18(17)26-16/h1-9,12,16H,10-11,13H2,(H,21,23). The number of oxazole rings is 1. The van der Waals surface area contributed by atoms with Crippen LogP contribution in [-0.2, 0) is 11.2 Å². The summed E-state index contributed by atoms with van der Waals surface area (Å²) in [6.07, 6.45) is 1.45. The lowest BCUT2D eigenvalue weighted by Crippen LogP contribution is -2.41. The van der Waals surface area contributed by atoms with Crippen LogP contribution in [0.4, 0.5) is 0 Å². The summed E-state index contributed by atoms with van der Waals surface area (Å²) >= 11 is 0. The van der Waals surface area contributed by atoms with Gasteiger partial charge in [-0.25, -0.2) is 4.98 Å². The molecule has 0 saturated carbocycles. The topological polar surface area (TPSA) is 73.6 Å². The normalized spacial score (nSPS) is 15.5. The van der Waals surface area contributed by atoms with E-state index < -0.39 is 0 Å². The van der Waals surface area contributed by atoms with Gasteiger partial charge >= 0.3 is 0 Å². The van der Waals surface area contributed by atoms with Crippen LogP contribution in [0, 0.1) is 0 Å². The highest BCUT2D eigenvalue weighted by Crippen LogP contribution is 2.30. The van der Waals surface area contributed by atoms with Crippen molar-refractivity contribution in [3.63, 3.8) is 0 Å². The van der Waals surface area contributed by atoms with Crippen molar-refractivity contribution in [2.75, 3.05) is 13.2 Å². The highest BCUT2D eigenvalue weighted by atomic mass is 16.6. The molecule has 26 heavy (non-hydrogen) atoms. The van der Waals surface area contributed by atoms with Gasteiger partial charge in [-0.3, -0.25) is 4.79 Å². The van der Waals surface area contributed by atoms with E-state index in [2.05, 4.69) is 10.3 Å². The van der Waals surface area contributed by atoms with Crippen LogP contribution in [0.3, 0.4) is 0 Å². The number of nitrogens with one attached hydrogen (secondary N) is 1.